The highest BCUT2D eigenvalue weighted by Gasteiger charge is 2.36. The highest BCUT2D eigenvalue weighted by atomic mass is 16.5. The lowest BCUT2D eigenvalue weighted by Gasteiger charge is -2.19. The molecule has 0 radical (unpaired) electrons. The Hall–Kier alpha value is -3.68. The van der Waals surface area contributed by atoms with Gasteiger partial charge in [0.2, 0.25) is 5.75 Å². The van der Waals surface area contributed by atoms with Gasteiger partial charge in [-0.3, -0.25) is 14.4 Å². The molecule has 0 bridgehead atoms. The van der Waals surface area contributed by atoms with Crippen molar-refractivity contribution in [2.45, 2.75) is 72.8 Å². The minimum atomic E-state index is -1.05. The molecule has 2 rings (SSSR count). The van der Waals surface area contributed by atoms with Gasteiger partial charge in [-0.05, 0) is 37.3 Å². The summed E-state index contributed by atoms with van der Waals surface area (Å²) >= 11 is 0. The van der Waals surface area contributed by atoms with Crippen LogP contribution >= 0.6 is 0 Å². The number of ether oxygens (including phenoxy) is 2. The number of aromatic hydroxyl groups is 2. The van der Waals surface area contributed by atoms with Crippen LogP contribution in [-0.4, -0.2) is 33.7 Å². The molecule has 0 fully saturated rings. The minimum Gasteiger partial charge on any atom is -0.504 e. The highest BCUT2D eigenvalue weighted by Crippen LogP contribution is 2.46. The number of aryl methyl sites for hydroxylation is 1. The van der Waals surface area contributed by atoms with Crippen molar-refractivity contribution < 1.29 is 38.9 Å². The molecule has 0 unspecified atom stereocenters. The standard InChI is InChI=1S/C27H32O8/c1-5-10-18(28)21-23(27(33)34-15-17-14-9-8-13-16(17)4)22(19(29)11-6-2)26(25(32)24(21)31)35-20(30)12-7-3/h8-9,13-14,31-32H,5-7,10-12,15H2,1-4H3. The molecule has 0 aliphatic heterocycles. The fraction of sp³-hybridized carbons (Fsp3) is 0.407. The van der Waals surface area contributed by atoms with Gasteiger partial charge in [0, 0.05) is 19.3 Å². The first kappa shape index (κ1) is 27.6. The van der Waals surface area contributed by atoms with Gasteiger partial charge < -0.3 is 19.7 Å². The maximum Gasteiger partial charge on any atom is 0.340 e. The van der Waals surface area contributed by atoms with Crippen LogP contribution < -0.4 is 4.74 Å². The van der Waals surface area contributed by atoms with Gasteiger partial charge in [0.15, 0.2) is 23.1 Å². The van der Waals surface area contributed by atoms with Gasteiger partial charge in [-0.2, -0.15) is 0 Å². The Bertz CT molecular complexity index is 1120. The van der Waals surface area contributed by atoms with Crippen molar-refractivity contribution in [3.63, 3.8) is 0 Å². The van der Waals surface area contributed by atoms with Gasteiger partial charge in [0.05, 0.1) is 16.7 Å². The Balaban J connectivity index is 2.76. The van der Waals surface area contributed by atoms with Crippen LogP contribution in [0.5, 0.6) is 17.2 Å². The van der Waals surface area contributed by atoms with E-state index in [1.165, 1.54) is 0 Å². The molecular formula is C27H32O8. The average Bonchev–Trinajstić information content (AvgIpc) is 2.81. The van der Waals surface area contributed by atoms with E-state index < -0.39 is 57.4 Å². The second kappa shape index (κ2) is 12.7. The monoisotopic (exact) mass is 484 g/mol. The molecule has 2 N–H and O–H groups in total. The number of ketones is 2. The number of Topliss-reactive ketones (excluding diaryl/α,β-unsaturated/α-hetero) is 2. The maximum absolute atomic E-state index is 13.4. The second-order valence-corrected chi connectivity index (χ2v) is 8.22. The largest absolute Gasteiger partial charge is 0.504 e. The number of hydrogen-bond donors (Lipinski definition) is 2. The molecule has 188 valence electrons. The topological polar surface area (TPSA) is 127 Å². The molecule has 0 aliphatic rings. The summed E-state index contributed by atoms with van der Waals surface area (Å²) in [4.78, 5) is 51.7. The van der Waals surface area contributed by atoms with E-state index >= 15 is 0 Å². The molecule has 0 saturated heterocycles. The zero-order valence-electron chi connectivity index (χ0n) is 20.6. The van der Waals surface area contributed by atoms with E-state index in [4.69, 9.17) is 9.47 Å². The molecule has 0 amide bonds. The number of benzene rings is 2. The third-order valence-electron chi connectivity index (χ3n) is 5.41. The van der Waals surface area contributed by atoms with Crippen molar-refractivity contribution in [3.8, 4) is 17.2 Å². The molecule has 2 aromatic carbocycles. The number of phenols is 2. The fourth-order valence-electron chi connectivity index (χ4n) is 3.60. The Morgan fingerprint density at radius 1 is 0.771 bits per heavy atom. The van der Waals surface area contributed by atoms with Gasteiger partial charge in [-0.25, -0.2) is 4.79 Å². The summed E-state index contributed by atoms with van der Waals surface area (Å²) in [5.74, 6) is -5.61. The molecule has 0 aliphatic carbocycles. The third-order valence-corrected chi connectivity index (χ3v) is 5.41. The lowest BCUT2D eigenvalue weighted by atomic mass is 9.90. The first-order chi connectivity index (χ1) is 16.7. The van der Waals surface area contributed by atoms with Crippen LogP contribution in [-0.2, 0) is 16.1 Å². The van der Waals surface area contributed by atoms with Gasteiger partial charge in [-0.1, -0.05) is 45.0 Å². The zero-order chi connectivity index (χ0) is 26.1. The molecule has 35 heavy (non-hydrogen) atoms. The fourth-order valence-corrected chi connectivity index (χ4v) is 3.60. The molecule has 8 heteroatoms. The Labute approximate surface area is 204 Å². The van der Waals surface area contributed by atoms with Crippen LogP contribution in [0.4, 0.5) is 0 Å². The summed E-state index contributed by atoms with van der Waals surface area (Å²) in [5, 5.41) is 21.4. The van der Waals surface area contributed by atoms with Crippen LogP contribution in [0.15, 0.2) is 24.3 Å². The Kier molecular flexibility index (Phi) is 9.99. The first-order valence-electron chi connectivity index (χ1n) is 11.8. The van der Waals surface area contributed by atoms with Crippen LogP contribution in [0.2, 0.25) is 0 Å². The summed E-state index contributed by atoms with van der Waals surface area (Å²) in [6.07, 6.45) is 1.08. The van der Waals surface area contributed by atoms with Crippen molar-refractivity contribution >= 4 is 23.5 Å². The smallest absolute Gasteiger partial charge is 0.340 e. The number of carbonyl (C=O) groups is 4. The van der Waals surface area contributed by atoms with Crippen LogP contribution in [0.1, 0.15) is 101 Å². The Morgan fingerprint density at radius 2 is 1.34 bits per heavy atom. The molecular weight excluding hydrogens is 452 g/mol. The molecule has 0 atom stereocenters. The van der Waals surface area contributed by atoms with Crippen molar-refractivity contribution in [3.05, 3.63) is 52.1 Å². The second-order valence-electron chi connectivity index (χ2n) is 8.22. The molecule has 0 heterocycles. The number of hydrogen-bond acceptors (Lipinski definition) is 8. The average molecular weight is 485 g/mol. The van der Waals surface area contributed by atoms with Gasteiger partial charge >= 0.3 is 11.9 Å². The number of esters is 2. The van der Waals surface area contributed by atoms with Crippen molar-refractivity contribution in [2.75, 3.05) is 0 Å². The summed E-state index contributed by atoms with van der Waals surface area (Å²) in [6.45, 7) is 6.89. The number of carbonyl (C=O) groups excluding carboxylic acids is 4. The van der Waals surface area contributed by atoms with Gasteiger partial charge in [0.1, 0.15) is 6.61 Å². The lowest BCUT2D eigenvalue weighted by Crippen LogP contribution is -2.21. The number of rotatable bonds is 12. The summed E-state index contributed by atoms with van der Waals surface area (Å²) in [5.41, 5.74) is 0.105. The van der Waals surface area contributed by atoms with E-state index in [2.05, 4.69) is 0 Å². The van der Waals surface area contributed by atoms with E-state index in [-0.39, 0.29) is 25.9 Å². The number of phenolic OH excluding ortho intramolecular Hbond substituents is 2. The summed E-state index contributed by atoms with van der Waals surface area (Å²) in [7, 11) is 0. The van der Waals surface area contributed by atoms with E-state index in [1.54, 1.807) is 32.9 Å². The maximum atomic E-state index is 13.4. The zero-order valence-corrected chi connectivity index (χ0v) is 20.6. The van der Waals surface area contributed by atoms with Gasteiger partial charge in [0.25, 0.3) is 0 Å². The third kappa shape index (κ3) is 6.47. The van der Waals surface area contributed by atoms with E-state index in [0.29, 0.717) is 24.8 Å². The lowest BCUT2D eigenvalue weighted by molar-refractivity contribution is -0.134. The van der Waals surface area contributed by atoms with Crippen LogP contribution in [0, 0.1) is 6.92 Å². The SMILES string of the molecule is CCCC(=O)Oc1c(O)c(O)c(C(=O)CCC)c(C(=O)OCc2ccccc2C)c1C(=O)CCC. The van der Waals surface area contributed by atoms with E-state index in [0.717, 1.165) is 5.56 Å². The van der Waals surface area contributed by atoms with Crippen LogP contribution in [0.3, 0.4) is 0 Å². The quantitative estimate of drug-likeness (QED) is 0.177. The van der Waals surface area contributed by atoms with Crippen molar-refractivity contribution in [1.29, 1.82) is 0 Å². The predicted octanol–water partition coefficient (Wildman–Crippen LogP) is 5.43. The minimum absolute atomic E-state index is 0.0226. The Morgan fingerprint density at radius 3 is 1.91 bits per heavy atom. The molecule has 8 nitrogen and oxygen atoms in total. The summed E-state index contributed by atoms with van der Waals surface area (Å²) < 4.78 is 10.7. The van der Waals surface area contributed by atoms with Crippen molar-refractivity contribution in [1.82, 2.24) is 0 Å². The molecule has 2 aromatic rings. The molecule has 0 saturated carbocycles. The summed E-state index contributed by atoms with van der Waals surface area (Å²) in [6, 6.07) is 7.22. The predicted molar refractivity (Wildman–Crippen MR) is 129 cm³/mol. The van der Waals surface area contributed by atoms with Gasteiger partial charge in [-0.15, -0.1) is 0 Å². The first-order valence-corrected chi connectivity index (χ1v) is 11.8. The van der Waals surface area contributed by atoms with Crippen LogP contribution in [0.25, 0.3) is 0 Å². The highest BCUT2D eigenvalue weighted by molar-refractivity contribution is 6.17. The molecule has 0 aromatic heterocycles. The normalized spacial score (nSPS) is 10.6. The van der Waals surface area contributed by atoms with E-state index in [9.17, 15) is 29.4 Å². The molecule has 0 spiro atoms. The van der Waals surface area contributed by atoms with Crippen molar-refractivity contribution in [2.24, 2.45) is 0 Å². The van der Waals surface area contributed by atoms with E-state index in [1.807, 2.05) is 19.1 Å².